The number of alkyl halides is 1. The molecule has 0 unspecified atom stereocenters. The zero-order valence-corrected chi connectivity index (χ0v) is 12.7. The van der Waals surface area contributed by atoms with Crippen LogP contribution in [0, 0.1) is 5.92 Å². The number of benzene rings is 1. The normalized spacial score (nSPS) is 10.4. The molecule has 0 aliphatic rings. The molecule has 1 aromatic rings. The summed E-state index contributed by atoms with van der Waals surface area (Å²) >= 11 is 5.54. The smallest absolute Gasteiger partial charge is 0.226 e. The zero-order chi connectivity index (χ0) is 15.0. The Hall–Kier alpha value is -1.55. The van der Waals surface area contributed by atoms with Crippen LogP contribution in [0.3, 0.4) is 0 Å². The van der Waals surface area contributed by atoms with Gasteiger partial charge in [-0.2, -0.15) is 0 Å². The summed E-state index contributed by atoms with van der Waals surface area (Å²) < 4.78 is 0. The maximum absolute atomic E-state index is 11.6. The van der Waals surface area contributed by atoms with Gasteiger partial charge in [0.25, 0.3) is 0 Å². The molecule has 2 N–H and O–H groups in total. The van der Waals surface area contributed by atoms with E-state index in [1.165, 1.54) is 0 Å². The molecule has 20 heavy (non-hydrogen) atoms. The molecule has 0 aromatic heterocycles. The predicted molar refractivity (Wildman–Crippen MR) is 81.7 cm³/mol. The van der Waals surface area contributed by atoms with Crippen LogP contribution in [-0.2, 0) is 16.1 Å². The Balaban J connectivity index is 2.51. The minimum atomic E-state index is -0.0612. The molecule has 0 saturated heterocycles. The Kier molecular flexibility index (Phi) is 7.09. The van der Waals surface area contributed by atoms with Crippen LogP contribution in [0.4, 0.5) is 5.69 Å². The number of carbonyl (C=O) groups is 2. The fourth-order valence-corrected chi connectivity index (χ4v) is 1.70. The van der Waals surface area contributed by atoms with Gasteiger partial charge in [-0.1, -0.05) is 26.0 Å². The Morgan fingerprint density at radius 3 is 2.70 bits per heavy atom. The molecule has 2 amide bonds. The molecule has 0 aliphatic heterocycles. The van der Waals surface area contributed by atoms with Gasteiger partial charge in [0, 0.05) is 30.5 Å². The monoisotopic (exact) mass is 296 g/mol. The van der Waals surface area contributed by atoms with E-state index in [-0.39, 0.29) is 17.7 Å². The summed E-state index contributed by atoms with van der Waals surface area (Å²) in [4.78, 5) is 23.1. The fourth-order valence-electron chi connectivity index (χ4n) is 1.56. The summed E-state index contributed by atoms with van der Waals surface area (Å²) in [7, 11) is 0. The molecule has 0 radical (unpaired) electrons. The number of halogens is 1. The lowest BCUT2D eigenvalue weighted by molar-refractivity contribution is -0.121. The second kappa shape index (κ2) is 8.59. The van der Waals surface area contributed by atoms with Crippen LogP contribution in [0.2, 0.25) is 0 Å². The minimum absolute atomic E-state index is 0.0118. The van der Waals surface area contributed by atoms with Gasteiger partial charge in [0.2, 0.25) is 11.8 Å². The second-order valence-electron chi connectivity index (χ2n) is 4.91. The molecule has 1 rings (SSSR count). The number of amides is 2. The maximum atomic E-state index is 11.6. The van der Waals surface area contributed by atoms with Crippen molar-refractivity contribution in [3.05, 3.63) is 29.8 Å². The predicted octanol–water partition coefficient (Wildman–Crippen LogP) is 2.92. The topological polar surface area (TPSA) is 58.2 Å². The summed E-state index contributed by atoms with van der Waals surface area (Å²) in [5.74, 6) is 0.397. The van der Waals surface area contributed by atoms with Crippen molar-refractivity contribution in [1.29, 1.82) is 0 Å². The van der Waals surface area contributed by atoms with Gasteiger partial charge in [-0.05, 0) is 24.1 Å². The number of hydrogen-bond acceptors (Lipinski definition) is 2. The Morgan fingerprint density at radius 2 is 2.05 bits per heavy atom. The minimum Gasteiger partial charge on any atom is -0.352 e. The van der Waals surface area contributed by atoms with Crippen LogP contribution in [0.15, 0.2) is 24.3 Å². The van der Waals surface area contributed by atoms with Gasteiger partial charge in [0.1, 0.15) is 0 Å². The standard InChI is InChI=1S/C15H21ClN2O2/c1-11(2)15(20)18-13-6-3-5-12(9-13)10-17-14(19)7-4-8-16/h3,5-6,9,11H,4,7-8,10H2,1-2H3,(H,17,19)(H,18,20). The summed E-state index contributed by atoms with van der Waals surface area (Å²) in [5, 5.41) is 5.66. The summed E-state index contributed by atoms with van der Waals surface area (Å²) in [6.45, 7) is 4.14. The first-order valence-electron chi connectivity index (χ1n) is 6.75. The molecule has 1 aromatic carbocycles. The number of nitrogens with one attached hydrogen (secondary N) is 2. The lowest BCUT2D eigenvalue weighted by Gasteiger charge is -2.10. The molecule has 0 atom stereocenters. The van der Waals surface area contributed by atoms with Crippen molar-refractivity contribution < 1.29 is 9.59 Å². The highest BCUT2D eigenvalue weighted by molar-refractivity contribution is 6.17. The first kappa shape index (κ1) is 16.5. The van der Waals surface area contributed by atoms with Gasteiger partial charge in [-0.3, -0.25) is 9.59 Å². The lowest BCUT2D eigenvalue weighted by Crippen LogP contribution is -2.22. The molecular weight excluding hydrogens is 276 g/mol. The highest BCUT2D eigenvalue weighted by Gasteiger charge is 2.07. The molecule has 0 heterocycles. The third-order valence-electron chi connectivity index (χ3n) is 2.75. The first-order valence-corrected chi connectivity index (χ1v) is 7.29. The van der Waals surface area contributed by atoms with Crippen LogP contribution < -0.4 is 10.6 Å². The molecule has 0 aliphatic carbocycles. The van der Waals surface area contributed by atoms with Gasteiger partial charge >= 0.3 is 0 Å². The molecule has 110 valence electrons. The molecule has 5 heteroatoms. The largest absolute Gasteiger partial charge is 0.352 e. The van der Waals surface area contributed by atoms with E-state index in [1.54, 1.807) is 0 Å². The van der Waals surface area contributed by atoms with E-state index in [0.717, 1.165) is 11.3 Å². The van der Waals surface area contributed by atoms with Gasteiger partial charge in [0.15, 0.2) is 0 Å². The average molecular weight is 297 g/mol. The van der Waals surface area contributed by atoms with E-state index in [9.17, 15) is 9.59 Å². The number of hydrogen-bond donors (Lipinski definition) is 2. The summed E-state index contributed by atoms with van der Waals surface area (Å²) in [6.07, 6.45) is 1.12. The molecular formula is C15H21ClN2O2. The third kappa shape index (κ3) is 6.06. The van der Waals surface area contributed by atoms with Crippen molar-refractivity contribution in [2.45, 2.75) is 33.2 Å². The Bertz CT molecular complexity index is 461. The van der Waals surface area contributed by atoms with Crippen LogP contribution in [-0.4, -0.2) is 17.7 Å². The Morgan fingerprint density at radius 1 is 1.30 bits per heavy atom. The molecule has 0 fully saturated rings. The molecule has 0 spiro atoms. The van der Waals surface area contributed by atoms with E-state index < -0.39 is 0 Å². The third-order valence-corrected chi connectivity index (χ3v) is 3.01. The van der Waals surface area contributed by atoms with Gasteiger partial charge in [-0.15, -0.1) is 11.6 Å². The first-order chi connectivity index (χ1) is 9.52. The quantitative estimate of drug-likeness (QED) is 0.760. The van der Waals surface area contributed by atoms with Crippen molar-refractivity contribution in [1.82, 2.24) is 5.32 Å². The second-order valence-corrected chi connectivity index (χ2v) is 5.29. The van der Waals surface area contributed by atoms with Gasteiger partial charge in [0.05, 0.1) is 0 Å². The van der Waals surface area contributed by atoms with Crippen molar-refractivity contribution in [3.8, 4) is 0 Å². The number of rotatable bonds is 7. The highest BCUT2D eigenvalue weighted by Crippen LogP contribution is 2.12. The van der Waals surface area contributed by atoms with Crippen LogP contribution >= 0.6 is 11.6 Å². The van der Waals surface area contributed by atoms with Crippen LogP contribution in [0.1, 0.15) is 32.3 Å². The van der Waals surface area contributed by atoms with E-state index in [1.807, 2.05) is 38.1 Å². The fraction of sp³-hybridized carbons (Fsp3) is 0.467. The molecule has 4 nitrogen and oxygen atoms in total. The molecule has 0 bridgehead atoms. The zero-order valence-electron chi connectivity index (χ0n) is 11.9. The lowest BCUT2D eigenvalue weighted by atomic mass is 10.1. The SMILES string of the molecule is CC(C)C(=O)Nc1cccc(CNC(=O)CCCCl)c1. The van der Waals surface area contributed by atoms with Crippen molar-refractivity contribution in [3.63, 3.8) is 0 Å². The van der Waals surface area contributed by atoms with E-state index in [0.29, 0.717) is 25.3 Å². The van der Waals surface area contributed by atoms with Crippen LogP contribution in [0.25, 0.3) is 0 Å². The van der Waals surface area contributed by atoms with Crippen molar-refractivity contribution in [2.24, 2.45) is 5.92 Å². The van der Waals surface area contributed by atoms with Crippen molar-refractivity contribution >= 4 is 29.1 Å². The van der Waals surface area contributed by atoms with Crippen LogP contribution in [0.5, 0.6) is 0 Å². The molecule has 0 saturated carbocycles. The number of anilines is 1. The van der Waals surface area contributed by atoms with Gasteiger partial charge in [-0.25, -0.2) is 0 Å². The summed E-state index contributed by atoms with van der Waals surface area (Å²) in [6, 6.07) is 7.46. The van der Waals surface area contributed by atoms with E-state index in [4.69, 9.17) is 11.6 Å². The average Bonchev–Trinajstić information content (AvgIpc) is 2.43. The van der Waals surface area contributed by atoms with Gasteiger partial charge < -0.3 is 10.6 Å². The van der Waals surface area contributed by atoms with Crippen molar-refractivity contribution in [2.75, 3.05) is 11.2 Å². The highest BCUT2D eigenvalue weighted by atomic mass is 35.5. The maximum Gasteiger partial charge on any atom is 0.226 e. The Labute approximate surface area is 124 Å². The number of carbonyl (C=O) groups excluding carboxylic acids is 2. The van der Waals surface area contributed by atoms with E-state index >= 15 is 0 Å². The summed E-state index contributed by atoms with van der Waals surface area (Å²) in [5.41, 5.74) is 1.70. The van der Waals surface area contributed by atoms with E-state index in [2.05, 4.69) is 10.6 Å².